The first kappa shape index (κ1) is 8.27. The van der Waals surface area contributed by atoms with Gasteiger partial charge in [0.2, 0.25) is 5.91 Å². The van der Waals surface area contributed by atoms with E-state index in [1.807, 2.05) is 0 Å². The van der Waals surface area contributed by atoms with Crippen LogP contribution >= 0.6 is 0 Å². The summed E-state index contributed by atoms with van der Waals surface area (Å²) in [6.07, 6.45) is 2.24. The number of β-amino-alcohol motifs (C(OH)–C–C–N with tert-alkyl or cyclic N) is 1. The average molecular weight is 155 g/mol. The number of likely N-dealkylation sites (tertiary alicyclic amines) is 1. The highest BCUT2D eigenvalue weighted by molar-refractivity contribution is 5.74. The van der Waals surface area contributed by atoms with Crippen LogP contribution in [0.4, 0.5) is 0 Å². The van der Waals surface area contributed by atoms with E-state index in [0.717, 1.165) is 0 Å². The van der Waals surface area contributed by atoms with E-state index in [-0.39, 0.29) is 5.91 Å². The first-order valence-electron chi connectivity index (χ1n) is 3.66. The van der Waals surface area contributed by atoms with Crippen LogP contribution < -0.4 is 0 Å². The van der Waals surface area contributed by atoms with Crippen LogP contribution in [-0.2, 0) is 4.79 Å². The van der Waals surface area contributed by atoms with Crippen molar-refractivity contribution in [3.05, 3.63) is 12.7 Å². The van der Waals surface area contributed by atoms with E-state index in [2.05, 4.69) is 6.58 Å². The molecule has 1 saturated heterocycles. The van der Waals surface area contributed by atoms with Crippen molar-refractivity contribution < 1.29 is 9.90 Å². The van der Waals surface area contributed by atoms with Crippen molar-refractivity contribution in [2.75, 3.05) is 13.1 Å². The second kappa shape index (κ2) is 2.66. The molecule has 0 bridgehead atoms. The van der Waals surface area contributed by atoms with Crippen LogP contribution in [-0.4, -0.2) is 34.6 Å². The summed E-state index contributed by atoms with van der Waals surface area (Å²) in [6.45, 7) is 5.95. The number of aliphatic hydroxyl groups is 1. The Labute approximate surface area is 66.3 Å². The fourth-order valence-electron chi connectivity index (χ4n) is 1.28. The zero-order valence-corrected chi connectivity index (χ0v) is 6.71. The molecular weight excluding hydrogens is 142 g/mol. The van der Waals surface area contributed by atoms with Gasteiger partial charge in [0.25, 0.3) is 0 Å². The van der Waals surface area contributed by atoms with Crippen LogP contribution in [0.5, 0.6) is 0 Å². The van der Waals surface area contributed by atoms with Crippen molar-refractivity contribution in [3.63, 3.8) is 0 Å². The maximum absolute atomic E-state index is 10.7. The van der Waals surface area contributed by atoms with E-state index in [1.165, 1.54) is 6.92 Å². The standard InChI is InChI=1S/C8H13NO2/c1-3-4-8(11)5-9(6-8)7(2)10/h3,11H,1,4-6H2,2H3. The molecule has 1 aliphatic heterocycles. The highest BCUT2D eigenvalue weighted by Crippen LogP contribution is 2.24. The lowest BCUT2D eigenvalue weighted by Crippen LogP contribution is -2.62. The molecule has 1 heterocycles. The third kappa shape index (κ3) is 1.60. The number of amides is 1. The summed E-state index contributed by atoms with van der Waals surface area (Å²) in [7, 11) is 0. The van der Waals surface area contributed by atoms with Crippen molar-refractivity contribution >= 4 is 5.91 Å². The zero-order valence-electron chi connectivity index (χ0n) is 6.71. The smallest absolute Gasteiger partial charge is 0.219 e. The number of carbonyl (C=O) groups is 1. The Hall–Kier alpha value is -0.830. The fourth-order valence-corrected chi connectivity index (χ4v) is 1.28. The molecule has 0 aromatic heterocycles. The molecule has 11 heavy (non-hydrogen) atoms. The van der Waals surface area contributed by atoms with Crippen LogP contribution in [0.15, 0.2) is 12.7 Å². The number of rotatable bonds is 2. The summed E-state index contributed by atoms with van der Waals surface area (Å²) in [5.74, 6) is 0.0266. The molecule has 0 radical (unpaired) electrons. The van der Waals surface area contributed by atoms with E-state index in [9.17, 15) is 9.90 Å². The molecule has 1 N–H and O–H groups in total. The molecule has 0 saturated carbocycles. The lowest BCUT2D eigenvalue weighted by molar-refractivity contribution is -0.152. The normalized spacial score (nSPS) is 20.7. The van der Waals surface area contributed by atoms with Crippen LogP contribution in [0.1, 0.15) is 13.3 Å². The molecule has 0 aromatic rings. The van der Waals surface area contributed by atoms with Gasteiger partial charge in [0.1, 0.15) is 5.60 Å². The number of hydrogen-bond donors (Lipinski definition) is 1. The maximum atomic E-state index is 10.7. The van der Waals surface area contributed by atoms with Gasteiger partial charge in [-0.3, -0.25) is 4.79 Å². The Morgan fingerprint density at radius 1 is 1.82 bits per heavy atom. The Balaban J connectivity index is 2.37. The van der Waals surface area contributed by atoms with Crippen molar-refractivity contribution in [1.82, 2.24) is 4.90 Å². The number of hydrogen-bond acceptors (Lipinski definition) is 2. The molecule has 1 fully saturated rings. The van der Waals surface area contributed by atoms with E-state index < -0.39 is 5.60 Å². The third-order valence-electron chi connectivity index (χ3n) is 1.94. The highest BCUT2D eigenvalue weighted by atomic mass is 16.3. The van der Waals surface area contributed by atoms with E-state index in [0.29, 0.717) is 19.5 Å². The second-order valence-electron chi connectivity index (χ2n) is 3.09. The molecule has 3 heteroatoms. The van der Waals surface area contributed by atoms with E-state index in [1.54, 1.807) is 11.0 Å². The molecule has 0 aliphatic carbocycles. The summed E-state index contributed by atoms with van der Waals surface area (Å²) in [6, 6.07) is 0. The van der Waals surface area contributed by atoms with Crippen molar-refractivity contribution in [2.45, 2.75) is 18.9 Å². The predicted molar refractivity (Wildman–Crippen MR) is 42.0 cm³/mol. The average Bonchev–Trinajstić information content (AvgIpc) is 1.82. The minimum Gasteiger partial charge on any atom is -0.386 e. The predicted octanol–water partition coefficient (Wildman–Crippen LogP) is 0.156. The molecule has 62 valence electrons. The summed E-state index contributed by atoms with van der Waals surface area (Å²) >= 11 is 0. The van der Waals surface area contributed by atoms with Gasteiger partial charge in [-0.1, -0.05) is 6.08 Å². The summed E-state index contributed by atoms with van der Waals surface area (Å²) in [5, 5.41) is 9.56. The van der Waals surface area contributed by atoms with E-state index >= 15 is 0 Å². The summed E-state index contributed by atoms with van der Waals surface area (Å²) < 4.78 is 0. The summed E-state index contributed by atoms with van der Waals surface area (Å²) in [5.41, 5.74) is -0.687. The largest absolute Gasteiger partial charge is 0.386 e. The van der Waals surface area contributed by atoms with Gasteiger partial charge in [-0.05, 0) is 6.42 Å². The third-order valence-corrected chi connectivity index (χ3v) is 1.94. The van der Waals surface area contributed by atoms with Crippen LogP contribution in [0.25, 0.3) is 0 Å². The van der Waals surface area contributed by atoms with Crippen molar-refractivity contribution in [2.24, 2.45) is 0 Å². The quantitative estimate of drug-likeness (QED) is 0.577. The lowest BCUT2D eigenvalue weighted by atomic mass is 9.90. The van der Waals surface area contributed by atoms with Gasteiger partial charge in [0, 0.05) is 6.92 Å². The maximum Gasteiger partial charge on any atom is 0.219 e. The van der Waals surface area contributed by atoms with Crippen LogP contribution in [0.2, 0.25) is 0 Å². The molecule has 0 aromatic carbocycles. The van der Waals surface area contributed by atoms with Crippen LogP contribution in [0, 0.1) is 0 Å². The molecule has 0 spiro atoms. The minimum absolute atomic E-state index is 0.0266. The highest BCUT2D eigenvalue weighted by Gasteiger charge is 2.41. The molecule has 1 aliphatic rings. The Morgan fingerprint density at radius 3 is 2.73 bits per heavy atom. The fraction of sp³-hybridized carbons (Fsp3) is 0.625. The van der Waals surface area contributed by atoms with E-state index in [4.69, 9.17) is 0 Å². The monoisotopic (exact) mass is 155 g/mol. The minimum atomic E-state index is -0.687. The second-order valence-corrected chi connectivity index (χ2v) is 3.09. The Bertz CT molecular complexity index is 183. The number of carbonyl (C=O) groups excluding carboxylic acids is 1. The van der Waals surface area contributed by atoms with Gasteiger partial charge < -0.3 is 10.0 Å². The van der Waals surface area contributed by atoms with Crippen molar-refractivity contribution in [1.29, 1.82) is 0 Å². The summed E-state index contributed by atoms with van der Waals surface area (Å²) in [4.78, 5) is 12.3. The van der Waals surface area contributed by atoms with Gasteiger partial charge in [-0.25, -0.2) is 0 Å². The number of nitrogens with zero attached hydrogens (tertiary/aromatic N) is 1. The molecule has 3 nitrogen and oxygen atoms in total. The first-order valence-corrected chi connectivity index (χ1v) is 3.66. The Kier molecular flexibility index (Phi) is 2.00. The zero-order chi connectivity index (χ0) is 8.48. The van der Waals surface area contributed by atoms with Crippen LogP contribution in [0.3, 0.4) is 0 Å². The van der Waals surface area contributed by atoms with Crippen molar-refractivity contribution in [3.8, 4) is 0 Å². The van der Waals surface area contributed by atoms with Gasteiger partial charge in [-0.15, -0.1) is 6.58 Å². The first-order chi connectivity index (χ1) is 5.07. The molecule has 1 amide bonds. The lowest BCUT2D eigenvalue weighted by Gasteiger charge is -2.45. The Morgan fingerprint density at radius 2 is 2.36 bits per heavy atom. The van der Waals surface area contributed by atoms with Gasteiger partial charge in [0.15, 0.2) is 0 Å². The molecule has 1 rings (SSSR count). The molecule has 0 unspecified atom stereocenters. The molecular formula is C8H13NO2. The van der Waals surface area contributed by atoms with Gasteiger partial charge >= 0.3 is 0 Å². The topological polar surface area (TPSA) is 40.5 Å². The SMILES string of the molecule is C=CCC1(O)CN(C(C)=O)C1. The van der Waals surface area contributed by atoms with Gasteiger partial charge in [0.05, 0.1) is 13.1 Å². The molecule has 0 atom stereocenters. The van der Waals surface area contributed by atoms with Gasteiger partial charge in [-0.2, -0.15) is 0 Å².